The molecule has 5 heteroatoms. The van der Waals surface area contributed by atoms with Gasteiger partial charge < -0.3 is 5.32 Å². The molecule has 1 saturated heterocycles. The molecule has 0 saturated carbocycles. The minimum absolute atomic E-state index is 0.0590. The Labute approximate surface area is 106 Å². The number of rotatable bonds is 4. The fourth-order valence-electron chi connectivity index (χ4n) is 2.00. The van der Waals surface area contributed by atoms with Crippen LogP contribution in [0.3, 0.4) is 0 Å². The fraction of sp³-hybridized carbons (Fsp3) is 1.00. The lowest BCUT2D eigenvalue weighted by Gasteiger charge is -2.28. The summed E-state index contributed by atoms with van der Waals surface area (Å²) in [5, 5.41) is 3.25. The number of piperidine rings is 1. The van der Waals surface area contributed by atoms with Crippen LogP contribution in [-0.4, -0.2) is 33.3 Å². The Kier molecular flexibility index (Phi) is 4.98. The van der Waals surface area contributed by atoms with E-state index in [0.29, 0.717) is 12.3 Å². The maximum atomic E-state index is 11.9. The molecule has 2 unspecified atom stereocenters. The van der Waals surface area contributed by atoms with Crippen molar-refractivity contribution in [3.63, 3.8) is 0 Å². The van der Waals surface area contributed by atoms with Gasteiger partial charge in [-0.15, -0.1) is 0 Å². The molecule has 17 heavy (non-hydrogen) atoms. The Morgan fingerprint density at radius 3 is 2.47 bits per heavy atom. The second kappa shape index (κ2) is 5.67. The lowest BCUT2D eigenvalue weighted by molar-refractivity contribution is 0.344. The van der Waals surface area contributed by atoms with Gasteiger partial charge in [-0.05, 0) is 30.7 Å². The topological polar surface area (TPSA) is 58.2 Å². The Morgan fingerprint density at radius 2 is 1.94 bits per heavy atom. The van der Waals surface area contributed by atoms with Gasteiger partial charge in [0.15, 0.2) is 0 Å². The molecule has 1 rings (SSSR count). The van der Waals surface area contributed by atoms with E-state index in [1.54, 1.807) is 0 Å². The van der Waals surface area contributed by atoms with E-state index in [2.05, 4.69) is 37.7 Å². The molecule has 0 aromatic rings. The van der Waals surface area contributed by atoms with Crippen molar-refractivity contribution >= 4 is 10.0 Å². The maximum absolute atomic E-state index is 11.9. The van der Waals surface area contributed by atoms with E-state index in [0.717, 1.165) is 19.5 Å². The third-order valence-electron chi connectivity index (χ3n) is 3.04. The molecule has 102 valence electrons. The molecule has 1 aliphatic rings. The number of hydrogen-bond donors (Lipinski definition) is 2. The zero-order valence-corrected chi connectivity index (χ0v) is 12.2. The average Bonchev–Trinajstić information content (AvgIpc) is 2.13. The molecular formula is C12H26N2O2S. The third kappa shape index (κ3) is 6.38. The van der Waals surface area contributed by atoms with Gasteiger partial charge in [-0.1, -0.05) is 27.7 Å². The quantitative estimate of drug-likeness (QED) is 0.804. The maximum Gasteiger partial charge on any atom is 0.211 e. The van der Waals surface area contributed by atoms with Crippen molar-refractivity contribution in [3.8, 4) is 0 Å². The first kappa shape index (κ1) is 14.9. The second-order valence-corrected chi connectivity index (χ2v) is 8.32. The van der Waals surface area contributed by atoms with Crippen LogP contribution in [0.1, 0.15) is 40.5 Å². The molecule has 0 aliphatic carbocycles. The molecule has 2 atom stereocenters. The number of sulfonamides is 1. The standard InChI is InChI=1S/C12H26N2O2S/c1-10-7-11(9-13-8-10)14-17(15,16)6-5-12(2,3)4/h10-11,13-14H,5-9H2,1-4H3. The van der Waals surface area contributed by atoms with Gasteiger partial charge in [-0.25, -0.2) is 13.1 Å². The summed E-state index contributed by atoms with van der Waals surface area (Å²) in [7, 11) is -3.13. The van der Waals surface area contributed by atoms with Crippen molar-refractivity contribution in [3.05, 3.63) is 0 Å². The molecule has 0 spiro atoms. The predicted molar refractivity (Wildman–Crippen MR) is 71.4 cm³/mol. The molecular weight excluding hydrogens is 236 g/mol. The summed E-state index contributed by atoms with van der Waals surface area (Å²) >= 11 is 0. The van der Waals surface area contributed by atoms with E-state index in [4.69, 9.17) is 0 Å². The number of hydrogen-bond acceptors (Lipinski definition) is 3. The Hall–Kier alpha value is -0.130. The van der Waals surface area contributed by atoms with E-state index in [1.165, 1.54) is 0 Å². The van der Waals surface area contributed by atoms with Gasteiger partial charge in [0, 0.05) is 12.6 Å². The van der Waals surface area contributed by atoms with Crippen LogP contribution in [-0.2, 0) is 10.0 Å². The van der Waals surface area contributed by atoms with E-state index in [-0.39, 0.29) is 17.2 Å². The second-order valence-electron chi connectivity index (χ2n) is 6.44. The molecule has 4 nitrogen and oxygen atoms in total. The summed E-state index contributed by atoms with van der Waals surface area (Å²) in [4.78, 5) is 0. The van der Waals surface area contributed by atoms with Crippen molar-refractivity contribution in [1.29, 1.82) is 0 Å². The normalized spacial score (nSPS) is 27.1. The monoisotopic (exact) mass is 262 g/mol. The van der Waals surface area contributed by atoms with Crippen LogP contribution >= 0.6 is 0 Å². The summed E-state index contributed by atoms with van der Waals surface area (Å²) < 4.78 is 26.6. The first-order chi connectivity index (χ1) is 7.68. The van der Waals surface area contributed by atoms with Gasteiger partial charge in [-0.3, -0.25) is 0 Å². The van der Waals surface area contributed by atoms with Crippen LogP contribution in [0.5, 0.6) is 0 Å². The van der Waals surface area contributed by atoms with Crippen LogP contribution in [0.4, 0.5) is 0 Å². The first-order valence-corrected chi connectivity index (χ1v) is 8.04. The zero-order valence-electron chi connectivity index (χ0n) is 11.4. The van der Waals surface area contributed by atoms with Crippen LogP contribution < -0.4 is 10.0 Å². The van der Waals surface area contributed by atoms with Crippen LogP contribution in [0.25, 0.3) is 0 Å². The van der Waals surface area contributed by atoms with Crippen LogP contribution in [0.15, 0.2) is 0 Å². The molecule has 1 aliphatic heterocycles. The lowest BCUT2D eigenvalue weighted by Crippen LogP contribution is -2.48. The first-order valence-electron chi connectivity index (χ1n) is 6.39. The fourth-order valence-corrected chi connectivity index (χ4v) is 3.69. The average molecular weight is 262 g/mol. The van der Waals surface area contributed by atoms with Crippen molar-refractivity contribution < 1.29 is 8.42 Å². The molecule has 0 amide bonds. The van der Waals surface area contributed by atoms with Crippen molar-refractivity contribution in [2.75, 3.05) is 18.8 Å². The van der Waals surface area contributed by atoms with Gasteiger partial charge in [0.1, 0.15) is 0 Å². The minimum Gasteiger partial charge on any atom is -0.315 e. The zero-order chi connectivity index (χ0) is 13.1. The smallest absolute Gasteiger partial charge is 0.211 e. The molecule has 1 fully saturated rings. The Balaban J connectivity index is 2.43. The summed E-state index contributed by atoms with van der Waals surface area (Å²) in [6.07, 6.45) is 1.62. The van der Waals surface area contributed by atoms with Gasteiger partial charge in [0.2, 0.25) is 10.0 Å². The van der Waals surface area contributed by atoms with Crippen LogP contribution in [0.2, 0.25) is 0 Å². The number of nitrogens with one attached hydrogen (secondary N) is 2. The summed E-state index contributed by atoms with van der Waals surface area (Å²) in [6.45, 7) is 10.1. The molecule has 0 radical (unpaired) electrons. The predicted octanol–water partition coefficient (Wildman–Crippen LogP) is 1.34. The molecule has 0 aromatic carbocycles. The van der Waals surface area contributed by atoms with Gasteiger partial charge >= 0.3 is 0 Å². The van der Waals surface area contributed by atoms with Crippen molar-refractivity contribution in [1.82, 2.24) is 10.0 Å². The van der Waals surface area contributed by atoms with E-state index >= 15 is 0 Å². The summed E-state index contributed by atoms with van der Waals surface area (Å²) in [5.41, 5.74) is 0.0624. The highest BCUT2D eigenvalue weighted by Crippen LogP contribution is 2.19. The largest absolute Gasteiger partial charge is 0.315 e. The van der Waals surface area contributed by atoms with Gasteiger partial charge in [-0.2, -0.15) is 0 Å². The highest BCUT2D eigenvalue weighted by atomic mass is 32.2. The highest BCUT2D eigenvalue weighted by molar-refractivity contribution is 7.89. The van der Waals surface area contributed by atoms with Gasteiger partial charge in [0.25, 0.3) is 0 Å². The third-order valence-corrected chi connectivity index (χ3v) is 4.47. The SMILES string of the molecule is CC1CNCC(NS(=O)(=O)CCC(C)(C)C)C1. The Bertz CT molecular complexity index is 333. The summed E-state index contributed by atoms with van der Waals surface area (Å²) in [6, 6.07) is 0.0590. The molecule has 0 bridgehead atoms. The van der Waals surface area contributed by atoms with Gasteiger partial charge in [0.05, 0.1) is 5.75 Å². The lowest BCUT2D eigenvalue weighted by atomic mass is 9.94. The van der Waals surface area contributed by atoms with E-state index in [1.807, 2.05) is 0 Å². The van der Waals surface area contributed by atoms with Crippen molar-refractivity contribution in [2.24, 2.45) is 11.3 Å². The molecule has 0 aromatic heterocycles. The minimum atomic E-state index is -3.13. The highest BCUT2D eigenvalue weighted by Gasteiger charge is 2.24. The van der Waals surface area contributed by atoms with Crippen molar-refractivity contribution in [2.45, 2.75) is 46.6 Å². The molecule has 2 N–H and O–H groups in total. The van der Waals surface area contributed by atoms with E-state index in [9.17, 15) is 8.42 Å². The van der Waals surface area contributed by atoms with E-state index < -0.39 is 10.0 Å². The Morgan fingerprint density at radius 1 is 1.29 bits per heavy atom. The summed E-state index contributed by atoms with van der Waals surface area (Å²) in [5.74, 6) is 0.764. The molecule has 1 heterocycles. The van der Waals surface area contributed by atoms with Crippen LogP contribution in [0, 0.1) is 11.3 Å².